The summed E-state index contributed by atoms with van der Waals surface area (Å²) in [6.45, 7) is 4.56. The number of benzene rings is 1. The molecule has 6 heteroatoms. The van der Waals surface area contributed by atoms with Gasteiger partial charge in [-0.3, -0.25) is 14.6 Å². The summed E-state index contributed by atoms with van der Waals surface area (Å²) in [6, 6.07) is 13.6. The predicted molar refractivity (Wildman–Crippen MR) is 105 cm³/mol. The van der Waals surface area contributed by atoms with Gasteiger partial charge in [0, 0.05) is 38.1 Å². The number of hydrogen-bond acceptors (Lipinski definition) is 4. The Labute approximate surface area is 160 Å². The smallest absolute Gasteiger partial charge is 0.272 e. The number of aromatic nitrogens is 1. The molecule has 2 aromatic rings. The first-order valence-electron chi connectivity index (χ1n) is 9.42. The quantitative estimate of drug-likeness (QED) is 0.852. The number of primary amides is 1. The van der Waals surface area contributed by atoms with E-state index < -0.39 is 0 Å². The van der Waals surface area contributed by atoms with Gasteiger partial charge in [-0.15, -0.1) is 0 Å². The Kier molecular flexibility index (Phi) is 6.06. The number of piperidine rings is 1. The van der Waals surface area contributed by atoms with Gasteiger partial charge in [-0.25, -0.2) is 0 Å². The summed E-state index contributed by atoms with van der Waals surface area (Å²) in [6.07, 6.45) is 3.39. The Bertz CT molecular complexity index is 794. The van der Waals surface area contributed by atoms with Gasteiger partial charge in [0.15, 0.2) is 0 Å². The molecule has 1 fully saturated rings. The van der Waals surface area contributed by atoms with Crippen molar-refractivity contribution in [2.24, 2.45) is 11.7 Å². The minimum absolute atomic E-state index is 0.0911. The van der Waals surface area contributed by atoms with Crippen LogP contribution in [-0.4, -0.2) is 41.3 Å². The first-order valence-corrected chi connectivity index (χ1v) is 9.42. The van der Waals surface area contributed by atoms with E-state index in [0.717, 1.165) is 30.6 Å². The third kappa shape index (κ3) is 4.64. The van der Waals surface area contributed by atoms with Crippen LogP contribution in [0.4, 0.5) is 5.69 Å². The lowest BCUT2D eigenvalue weighted by atomic mass is 9.97. The third-order valence-electron chi connectivity index (χ3n) is 5.04. The maximum absolute atomic E-state index is 13.0. The molecule has 1 aliphatic rings. The van der Waals surface area contributed by atoms with E-state index in [0.29, 0.717) is 25.3 Å². The second-order valence-electron chi connectivity index (χ2n) is 6.89. The largest absolute Gasteiger partial charge is 0.371 e. The van der Waals surface area contributed by atoms with Crippen molar-refractivity contribution >= 4 is 17.5 Å². The van der Waals surface area contributed by atoms with E-state index >= 15 is 0 Å². The molecular formula is C21H26N4O2. The van der Waals surface area contributed by atoms with E-state index in [1.807, 2.05) is 49.4 Å². The Hall–Kier alpha value is -2.89. The first kappa shape index (κ1) is 18.9. The highest BCUT2D eigenvalue weighted by Gasteiger charge is 2.25. The van der Waals surface area contributed by atoms with Gasteiger partial charge in [0.05, 0.1) is 5.92 Å². The van der Waals surface area contributed by atoms with Crippen molar-refractivity contribution in [3.63, 3.8) is 0 Å². The van der Waals surface area contributed by atoms with E-state index in [1.165, 1.54) is 0 Å². The summed E-state index contributed by atoms with van der Waals surface area (Å²) in [7, 11) is 0. The molecule has 0 spiro atoms. The van der Waals surface area contributed by atoms with E-state index in [-0.39, 0.29) is 17.7 Å². The van der Waals surface area contributed by atoms with Crippen LogP contribution in [0.15, 0.2) is 48.7 Å². The van der Waals surface area contributed by atoms with Crippen molar-refractivity contribution in [2.45, 2.75) is 26.3 Å². The zero-order valence-corrected chi connectivity index (χ0v) is 15.7. The molecular weight excluding hydrogens is 340 g/mol. The third-order valence-corrected chi connectivity index (χ3v) is 5.04. The monoisotopic (exact) mass is 366 g/mol. The molecule has 1 aliphatic heterocycles. The van der Waals surface area contributed by atoms with Crippen molar-refractivity contribution in [1.82, 2.24) is 9.88 Å². The molecule has 0 bridgehead atoms. The number of nitrogens with zero attached hydrogens (tertiary/aromatic N) is 3. The normalized spacial score (nSPS) is 16.8. The van der Waals surface area contributed by atoms with Crippen molar-refractivity contribution < 1.29 is 9.59 Å². The minimum atomic E-state index is -0.259. The molecule has 1 atom stereocenters. The Morgan fingerprint density at radius 2 is 2.04 bits per heavy atom. The molecule has 0 unspecified atom stereocenters. The zero-order chi connectivity index (χ0) is 19.2. The number of rotatable bonds is 6. The molecule has 0 radical (unpaired) electrons. The van der Waals surface area contributed by atoms with E-state index in [4.69, 9.17) is 5.73 Å². The van der Waals surface area contributed by atoms with Crippen LogP contribution in [0.3, 0.4) is 0 Å². The SMILES string of the molecule is CCN(Cc1ccccc1)C(=O)c1cc(N2CCC[C@H](C(N)=O)C2)ccn1. The molecule has 2 amide bonds. The van der Waals surface area contributed by atoms with Gasteiger partial charge in [0.2, 0.25) is 5.91 Å². The number of amides is 2. The summed E-state index contributed by atoms with van der Waals surface area (Å²) in [5.74, 6) is -0.493. The Morgan fingerprint density at radius 1 is 1.26 bits per heavy atom. The average molecular weight is 366 g/mol. The number of hydrogen-bond donors (Lipinski definition) is 1. The summed E-state index contributed by atoms with van der Waals surface area (Å²) in [5.41, 5.74) is 7.90. The summed E-state index contributed by atoms with van der Waals surface area (Å²) >= 11 is 0. The van der Waals surface area contributed by atoms with Gasteiger partial charge in [-0.1, -0.05) is 30.3 Å². The van der Waals surface area contributed by atoms with Gasteiger partial charge in [-0.05, 0) is 37.5 Å². The standard InChI is InChI=1S/C21H26N4O2/c1-2-24(14-16-7-4-3-5-8-16)21(27)19-13-18(10-11-23-19)25-12-6-9-17(15-25)20(22)26/h3-5,7-8,10-11,13,17H,2,6,9,12,14-15H2,1H3,(H2,22,26)/t17-/m0/s1. The van der Waals surface area contributed by atoms with Gasteiger partial charge < -0.3 is 15.5 Å². The molecule has 142 valence electrons. The number of anilines is 1. The van der Waals surface area contributed by atoms with Crippen LogP contribution in [0, 0.1) is 5.92 Å². The van der Waals surface area contributed by atoms with Crippen LogP contribution in [0.2, 0.25) is 0 Å². The maximum Gasteiger partial charge on any atom is 0.272 e. The van der Waals surface area contributed by atoms with Crippen molar-refractivity contribution in [2.75, 3.05) is 24.5 Å². The molecule has 1 aromatic heterocycles. The lowest BCUT2D eigenvalue weighted by Gasteiger charge is -2.33. The molecule has 0 aliphatic carbocycles. The molecule has 6 nitrogen and oxygen atoms in total. The minimum Gasteiger partial charge on any atom is -0.371 e. The van der Waals surface area contributed by atoms with E-state index in [2.05, 4.69) is 9.88 Å². The summed E-state index contributed by atoms with van der Waals surface area (Å²) in [5, 5.41) is 0. The number of carbonyl (C=O) groups is 2. The summed E-state index contributed by atoms with van der Waals surface area (Å²) < 4.78 is 0. The van der Waals surface area contributed by atoms with Gasteiger partial charge >= 0.3 is 0 Å². The molecule has 3 rings (SSSR count). The first-order chi connectivity index (χ1) is 13.1. The second-order valence-corrected chi connectivity index (χ2v) is 6.89. The van der Waals surface area contributed by atoms with Crippen LogP contribution in [0.5, 0.6) is 0 Å². The van der Waals surface area contributed by atoms with Crippen LogP contribution in [0.25, 0.3) is 0 Å². The van der Waals surface area contributed by atoms with Crippen molar-refractivity contribution in [1.29, 1.82) is 0 Å². The van der Waals surface area contributed by atoms with Crippen LogP contribution < -0.4 is 10.6 Å². The van der Waals surface area contributed by atoms with Crippen LogP contribution in [-0.2, 0) is 11.3 Å². The Morgan fingerprint density at radius 3 is 2.74 bits per heavy atom. The maximum atomic E-state index is 13.0. The summed E-state index contributed by atoms with van der Waals surface area (Å²) in [4.78, 5) is 32.7. The van der Waals surface area contributed by atoms with Crippen LogP contribution >= 0.6 is 0 Å². The second kappa shape index (κ2) is 8.66. The Balaban J connectivity index is 1.75. The highest BCUT2D eigenvalue weighted by molar-refractivity contribution is 5.93. The van der Waals surface area contributed by atoms with E-state index in [1.54, 1.807) is 11.1 Å². The average Bonchev–Trinajstić information content (AvgIpc) is 2.72. The van der Waals surface area contributed by atoms with E-state index in [9.17, 15) is 9.59 Å². The predicted octanol–water partition coefficient (Wildman–Crippen LogP) is 2.45. The van der Waals surface area contributed by atoms with Gasteiger partial charge in [0.25, 0.3) is 5.91 Å². The molecule has 27 heavy (non-hydrogen) atoms. The fourth-order valence-electron chi connectivity index (χ4n) is 3.47. The van der Waals surface area contributed by atoms with Gasteiger partial charge in [0.1, 0.15) is 5.69 Å². The number of pyridine rings is 1. The van der Waals surface area contributed by atoms with Crippen LogP contribution in [0.1, 0.15) is 35.8 Å². The molecule has 0 saturated carbocycles. The molecule has 2 heterocycles. The van der Waals surface area contributed by atoms with Crippen molar-refractivity contribution in [3.05, 3.63) is 59.9 Å². The molecule has 2 N–H and O–H groups in total. The van der Waals surface area contributed by atoms with Crippen molar-refractivity contribution in [3.8, 4) is 0 Å². The number of carbonyl (C=O) groups excluding carboxylic acids is 2. The lowest BCUT2D eigenvalue weighted by Crippen LogP contribution is -2.41. The zero-order valence-electron chi connectivity index (χ0n) is 15.7. The number of nitrogens with two attached hydrogens (primary N) is 1. The highest BCUT2D eigenvalue weighted by atomic mass is 16.2. The highest BCUT2D eigenvalue weighted by Crippen LogP contribution is 2.23. The fraction of sp³-hybridized carbons (Fsp3) is 0.381. The topological polar surface area (TPSA) is 79.5 Å². The van der Waals surface area contributed by atoms with Gasteiger partial charge in [-0.2, -0.15) is 0 Å². The molecule has 1 aromatic carbocycles. The molecule has 1 saturated heterocycles. The lowest BCUT2D eigenvalue weighted by molar-refractivity contribution is -0.122. The fourth-order valence-corrected chi connectivity index (χ4v) is 3.47.